The van der Waals surface area contributed by atoms with E-state index in [9.17, 15) is 19.1 Å². The van der Waals surface area contributed by atoms with Gasteiger partial charge in [-0.1, -0.05) is 26.0 Å². The molecule has 1 amide bonds. The summed E-state index contributed by atoms with van der Waals surface area (Å²) in [5, 5.41) is 10.6. The lowest BCUT2D eigenvalue weighted by atomic mass is 9.91. The van der Waals surface area contributed by atoms with E-state index in [0.717, 1.165) is 17.7 Å². The fourth-order valence-corrected chi connectivity index (χ4v) is 6.00. The summed E-state index contributed by atoms with van der Waals surface area (Å²) in [6.07, 6.45) is 5.03. The summed E-state index contributed by atoms with van der Waals surface area (Å²) in [5.41, 5.74) is 2.19. The van der Waals surface area contributed by atoms with Gasteiger partial charge in [-0.2, -0.15) is 0 Å². The smallest absolute Gasteiger partial charge is 0.410 e. The van der Waals surface area contributed by atoms with Crippen LogP contribution >= 0.6 is 0 Å². The van der Waals surface area contributed by atoms with E-state index < -0.39 is 24.3 Å². The summed E-state index contributed by atoms with van der Waals surface area (Å²) in [5.74, 6) is -1.17. The van der Waals surface area contributed by atoms with Crippen LogP contribution in [-0.2, 0) is 19.0 Å². The number of likely N-dealkylation sites (tertiary alicyclic amines) is 1. The lowest BCUT2D eigenvalue weighted by Crippen LogP contribution is -2.37. The number of amides is 1. The number of morpholine rings is 1. The van der Waals surface area contributed by atoms with E-state index in [-0.39, 0.29) is 30.2 Å². The van der Waals surface area contributed by atoms with Crippen molar-refractivity contribution in [2.45, 2.75) is 70.8 Å². The van der Waals surface area contributed by atoms with E-state index in [1.54, 1.807) is 4.90 Å². The van der Waals surface area contributed by atoms with Gasteiger partial charge in [0.25, 0.3) is 0 Å². The molecule has 43 heavy (non-hydrogen) atoms. The highest BCUT2D eigenvalue weighted by molar-refractivity contribution is 5.71. The average Bonchev–Trinajstić information content (AvgIpc) is 3.47. The summed E-state index contributed by atoms with van der Waals surface area (Å²) in [4.78, 5) is 31.9. The third-order valence-electron chi connectivity index (χ3n) is 8.77. The molecule has 0 aliphatic carbocycles. The van der Waals surface area contributed by atoms with Crippen molar-refractivity contribution < 1.29 is 33.3 Å². The van der Waals surface area contributed by atoms with Crippen LogP contribution in [0.1, 0.15) is 52.0 Å². The van der Waals surface area contributed by atoms with Gasteiger partial charge in [0.2, 0.25) is 0 Å². The Labute approximate surface area is 255 Å². The van der Waals surface area contributed by atoms with Crippen molar-refractivity contribution in [2.75, 3.05) is 58.4 Å². The molecule has 1 N–H and O–H groups in total. The van der Waals surface area contributed by atoms with Gasteiger partial charge < -0.3 is 34.0 Å². The molecule has 0 bridgehead atoms. The van der Waals surface area contributed by atoms with E-state index in [1.807, 2.05) is 59.2 Å². The molecule has 0 unspecified atom stereocenters. The predicted molar refractivity (Wildman–Crippen MR) is 164 cm³/mol. The van der Waals surface area contributed by atoms with Crippen molar-refractivity contribution >= 4 is 23.8 Å². The van der Waals surface area contributed by atoms with Crippen LogP contribution in [0, 0.1) is 17.7 Å². The molecule has 0 spiro atoms. The van der Waals surface area contributed by atoms with Crippen LogP contribution in [0.25, 0.3) is 6.08 Å². The maximum atomic E-state index is 14.7. The van der Waals surface area contributed by atoms with Crippen LogP contribution in [0.3, 0.4) is 0 Å². The predicted octanol–water partition coefficient (Wildman–Crippen LogP) is 4.49. The molecule has 3 aliphatic rings. The first kappa shape index (κ1) is 33.0. The molecule has 0 radical (unpaired) electrons. The zero-order valence-corrected chi connectivity index (χ0v) is 26.2. The van der Waals surface area contributed by atoms with Crippen LogP contribution in [0.4, 0.5) is 14.9 Å². The number of aliphatic hydroxyl groups excluding tert-OH is 1. The third kappa shape index (κ3) is 9.27. The minimum absolute atomic E-state index is 0.0641. The topological polar surface area (TPSA) is 91.8 Å². The van der Waals surface area contributed by atoms with Crippen molar-refractivity contribution in [1.82, 2.24) is 9.80 Å². The zero-order valence-electron chi connectivity index (χ0n) is 26.2. The number of nitrogens with zero attached hydrogens (tertiary/aromatic N) is 3. The fraction of sp³-hybridized carbons (Fsp3) is 0.636. The summed E-state index contributed by atoms with van der Waals surface area (Å²) in [6.45, 7) is 9.63. The van der Waals surface area contributed by atoms with Gasteiger partial charge in [-0.05, 0) is 81.6 Å². The summed E-state index contributed by atoms with van der Waals surface area (Å²) in [6, 6.07) is 5.22. The molecule has 4 rings (SSSR count). The Morgan fingerprint density at radius 3 is 2.53 bits per heavy atom. The van der Waals surface area contributed by atoms with Gasteiger partial charge in [0.05, 0.1) is 25.7 Å². The second kappa shape index (κ2) is 15.2. The minimum Gasteiger partial charge on any atom is -0.457 e. The number of hydrogen-bond acceptors (Lipinski definition) is 8. The summed E-state index contributed by atoms with van der Waals surface area (Å²) >= 11 is 0. The Kier molecular flexibility index (Phi) is 11.6. The maximum absolute atomic E-state index is 14.7. The van der Waals surface area contributed by atoms with Gasteiger partial charge in [0.1, 0.15) is 18.0 Å². The van der Waals surface area contributed by atoms with Gasteiger partial charge >= 0.3 is 12.1 Å². The molecule has 2 saturated heterocycles. The van der Waals surface area contributed by atoms with E-state index in [0.29, 0.717) is 63.8 Å². The molecule has 10 heteroatoms. The number of benzene rings is 1. The Bertz CT molecular complexity index is 1170. The van der Waals surface area contributed by atoms with Crippen LogP contribution in [0.2, 0.25) is 0 Å². The second-order valence-electron chi connectivity index (χ2n) is 12.5. The molecule has 0 aromatic heterocycles. The first-order valence-electron chi connectivity index (χ1n) is 15.5. The normalized spacial score (nSPS) is 30.4. The SMILES string of the molecule is C/C(=C\c1cc(F)cc(N2CCOCC2)c1)[C@H]1OC(=O)C[C@H](O)CC[C@H](C)[C@@H](OC(=O)N2CC[C@@H](N(C)C)C2)/C=C\[C@@H]1C. The number of cyclic esters (lactones) is 1. The number of halogens is 1. The van der Waals surface area contributed by atoms with Crippen LogP contribution in [0.15, 0.2) is 35.9 Å². The standard InChI is InChI=1S/C33H48FN3O6/c1-22-6-8-29(38)20-31(39)43-32(23(2)7-9-30(22)42-33(40)37-11-10-27(21-37)35(4)5)24(3)16-25-17-26(34)19-28(18-25)36-12-14-41-15-13-36/h7,9,16-19,22-23,27,29-30,32,38H,6,8,10-15,20-21H2,1-5H3/b9-7-,24-16+/t22-,23-,27+,29+,30-,32-/m0/s1. The third-order valence-corrected chi connectivity index (χ3v) is 8.77. The first-order chi connectivity index (χ1) is 20.5. The zero-order chi connectivity index (χ0) is 31.1. The number of ether oxygens (including phenoxy) is 3. The molecule has 3 heterocycles. The van der Waals surface area contributed by atoms with Crippen LogP contribution in [0.5, 0.6) is 0 Å². The highest BCUT2D eigenvalue weighted by atomic mass is 19.1. The van der Waals surface area contributed by atoms with Gasteiger partial charge in [0, 0.05) is 43.8 Å². The molecule has 3 aliphatic heterocycles. The Morgan fingerprint density at radius 2 is 1.84 bits per heavy atom. The highest BCUT2D eigenvalue weighted by Gasteiger charge is 2.32. The highest BCUT2D eigenvalue weighted by Crippen LogP contribution is 2.28. The maximum Gasteiger partial charge on any atom is 0.410 e. The summed E-state index contributed by atoms with van der Waals surface area (Å²) in [7, 11) is 4.03. The van der Waals surface area contributed by atoms with Gasteiger partial charge in [-0.15, -0.1) is 0 Å². The molecule has 1 aromatic rings. The fourth-order valence-electron chi connectivity index (χ4n) is 6.00. The molecular formula is C33H48FN3O6. The second-order valence-corrected chi connectivity index (χ2v) is 12.5. The number of anilines is 1. The molecule has 9 nitrogen and oxygen atoms in total. The van der Waals surface area contributed by atoms with Crippen LogP contribution < -0.4 is 4.90 Å². The number of esters is 1. The summed E-state index contributed by atoms with van der Waals surface area (Å²) < 4.78 is 32.0. The quantitative estimate of drug-likeness (QED) is 0.390. The largest absolute Gasteiger partial charge is 0.457 e. The Balaban J connectivity index is 1.55. The Hall–Kier alpha value is -2.95. The first-order valence-corrected chi connectivity index (χ1v) is 15.5. The minimum atomic E-state index is -0.867. The molecule has 0 saturated carbocycles. The van der Waals surface area contributed by atoms with Crippen molar-refractivity contribution in [2.24, 2.45) is 11.8 Å². The van der Waals surface area contributed by atoms with E-state index in [2.05, 4.69) is 9.80 Å². The molecule has 238 valence electrons. The van der Waals surface area contributed by atoms with Gasteiger partial charge in [-0.25, -0.2) is 9.18 Å². The number of hydrogen-bond donors (Lipinski definition) is 1. The van der Waals surface area contributed by atoms with Crippen molar-refractivity contribution in [3.05, 3.63) is 47.3 Å². The van der Waals surface area contributed by atoms with E-state index in [4.69, 9.17) is 14.2 Å². The molecule has 1 aromatic carbocycles. The number of carbonyl (C=O) groups is 2. The van der Waals surface area contributed by atoms with Crippen LogP contribution in [-0.4, -0.2) is 105 Å². The molecule has 2 fully saturated rings. The number of aliphatic hydroxyl groups is 1. The number of rotatable bonds is 5. The lowest BCUT2D eigenvalue weighted by Gasteiger charge is -2.29. The molecule has 6 atom stereocenters. The Morgan fingerprint density at radius 1 is 1.09 bits per heavy atom. The van der Waals surface area contributed by atoms with E-state index >= 15 is 0 Å². The lowest BCUT2D eigenvalue weighted by molar-refractivity contribution is -0.151. The van der Waals surface area contributed by atoms with Crippen molar-refractivity contribution in [1.29, 1.82) is 0 Å². The van der Waals surface area contributed by atoms with Crippen molar-refractivity contribution in [3.63, 3.8) is 0 Å². The number of likely N-dealkylation sites (N-methyl/N-ethyl adjacent to an activating group) is 1. The van der Waals surface area contributed by atoms with Gasteiger partial charge in [0.15, 0.2) is 0 Å². The van der Waals surface area contributed by atoms with Crippen molar-refractivity contribution in [3.8, 4) is 0 Å². The molecular weight excluding hydrogens is 553 g/mol. The average molecular weight is 602 g/mol. The monoisotopic (exact) mass is 601 g/mol. The number of carbonyl (C=O) groups excluding carboxylic acids is 2. The van der Waals surface area contributed by atoms with Gasteiger partial charge in [-0.3, -0.25) is 4.79 Å². The van der Waals surface area contributed by atoms with E-state index in [1.165, 1.54) is 12.1 Å².